The maximum absolute atomic E-state index is 12.6. The molecule has 162 valence electrons. The molecule has 2 aromatic carbocycles. The van der Waals surface area contributed by atoms with Crippen LogP contribution in [0.2, 0.25) is 0 Å². The number of methoxy groups -OCH3 is 1. The van der Waals surface area contributed by atoms with Crippen molar-refractivity contribution in [3.8, 4) is 11.5 Å². The molecule has 0 aliphatic carbocycles. The van der Waals surface area contributed by atoms with Crippen molar-refractivity contribution in [3.63, 3.8) is 0 Å². The summed E-state index contributed by atoms with van der Waals surface area (Å²) in [6.45, 7) is 1.84. The maximum Gasteiger partial charge on any atom is 0.265 e. The Hall–Kier alpha value is -3.59. The Morgan fingerprint density at radius 1 is 1.00 bits per heavy atom. The lowest BCUT2D eigenvalue weighted by Gasteiger charge is -2.17. The van der Waals surface area contributed by atoms with Gasteiger partial charge in [-0.25, -0.2) is 13.4 Å². The second-order valence-electron chi connectivity index (χ2n) is 6.52. The third-order valence-corrected chi connectivity index (χ3v) is 5.71. The number of ether oxygens (including phenoxy) is 2. The molecule has 9 heteroatoms. The van der Waals surface area contributed by atoms with Crippen LogP contribution in [0, 0.1) is 0 Å². The van der Waals surface area contributed by atoms with Gasteiger partial charge in [0.15, 0.2) is 6.10 Å². The minimum atomic E-state index is -3.79. The van der Waals surface area contributed by atoms with Crippen LogP contribution in [0.15, 0.2) is 77.8 Å². The normalized spacial score (nSPS) is 11.9. The summed E-state index contributed by atoms with van der Waals surface area (Å²) in [4.78, 5) is 16.6. The molecule has 0 aliphatic rings. The quantitative estimate of drug-likeness (QED) is 0.525. The number of nitrogens with one attached hydrogen (secondary N) is 2. The molecule has 0 radical (unpaired) electrons. The molecule has 1 amide bonds. The van der Waals surface area contributed by atoms with Crippen molar-refractivity contribution in [1.82, 2.24) is 4.98 Å². The molecule has 0 bridgehead atoms. The standard InChI is InChI=1S/C22H23N3O5S/c1-3-20(30-18-11-9-17(29-2)10-12-18)22(26)24-16-7-13-19(14-8-16)31(27,28)25-21-6-4-5-15-23-21/h4-15,20H,3H2,1-2H3,(H,23,25)(H,24,26). The number of aromatic nitrogens is 1. The highest BCUT2D eigenvalue weighted by atomic mass is 32.2. The summed E-state index contributed by atoms with van der Waals surface area (Å²) in [7, 11) is -2.21. The Labute approximate surface area is 181 Å². The van der Waals surface area contributed by atoms with Gasteiger partial charge in [0, 0.05) is 11.9 Å². The Balaban J connectivity index is 1.64. The first-order chi connectivity index (χ1) is 14.9. The van der Waals surface area contributed by atoms with E-state index in [1.54, 1.807) is 49.6 Å². The van der Waals surface area contributed by atoms with Crippen molar-refractivity contribution in [3.05, 3.63) is 72.9 Å². The molecule has 0 fully saturated rings. The largest absolute Gasteiger partial charge is 0.497 e. The van der Waals surface area contributed by atoms with Gasteiger partial charge in [-0.15, -0.1) is 0 Å². The molecular weight excluding hydrogens is 418 g/mol. The monoisotopic (exact) mass is 441 g/mol. The van der Waals surface area contributed by atoms with E-state index in [1.165, 1.54) is 30.5 Å². The van der Waals surface area contributed by atoms with Gasteiger partial charge in [-0.2, -0.15) is 0 Å². The molecule has 3 rings (SSSR count). The van der Waals surface area contributed by atoms with E-state index in [1.807, 2.05) is 6.92 Å². The van der Waals surface area contributed by atoms with Crippen LogP contribution in [-0.4, -0.2) is 32.5 Å². The van der Waals surface area contributed by atoms with Crippen molar-refractivity contribution < 1.29 is 22.7 Å². The number of sulfonamides is 1. The first-order valence-corrected chi connectivity index (χ1v) is 11.0. The van der Waals surface area contributed by atoms with Gasteiger partial charge in [0.25, 0.3) is 15.9 Å². The van der Waals surface area contributed by atoms with Gasteiger partial charge in [-0.1, -0.05) is 13.0 Å². The number of amides is 1. The van der Waals surface area contributed by atoms with Crippen molar-refractivity contribution in [1.29, 1.82) is 0 Å². The molecule has 1 heterocycles. The molecule has 0 saturated carbocycles. The average molecular weight is 442 g/mol. The Kier molecular flexibility index (Phi) is 7.09. The van der Waals surface area contributed by atoms with E-state index < -0.39 is 16.1 Å². The molecule has 3 aromatic rings. The van der Waals surface area contributed by atoms with Crippen LogP contribution in [0.1, 0.15) is 13.3 Å². The number of hydrogen-bond acceptors (Lipinski definition) is 6. The molecule has 0 spiro atoms. The number of carbonyl (C=O) groups excluding carboxylic acids is 1. The van der Waals surface area contributed by atoms with Crippen molar-refractivity contribution in [2.75, 3.05) is 17.1 Å². The van der Waals surface area contributed by atoms with E-state index >= 15 is 0 Å². The molecule has 2 N–H and O–H groups in total. The van der Waals surface area contributed by atoms with Gasteiger partial charge >= 0.3 is 0 Å². The maximum atomic E-state index is 12.6. The van der Waals surface area contributed by atoms with Gasteiger partial charge in [0.05, 0.1) is 12.0 Å². The number of nitrogens with zero attached hydrogens (tertiary/aromatic N) is 1. The van der Waals surface area contributed by atoms with Crippen LogP contribution in [0.3, 0.4) is 0 Å². The fourth-order valence-electron chi connectivity index (χ4n) is 2.70. The number of pyridine rings is 1. The highest BCUT2D eigenvalue weighted by Gasteiger charge is 2.19. The van der Waals surface area contributed by atoms with E-state index in [0.717, 1.165) is 0 Å². The van der Waals surface area contributed by atoms with Gasteiger partial charge in [-0.3, -0.25) is 9.52 Å². The third kappa shape index (κ3) is 5.95. The summed E-state index contributed by atoms with van der Waals surface area (Å²) in [6, 6.07) is 17.7. The van der Waals surface area contributed by atoms with Gasteiger partial charge in [-0.05, 0) is 67.1 Å². The smallest absolute Gasteiger partial charge is 0.265 e. The van der Waals surface area contributed by atoms with E-state index in [-0.39, 0.29) is 16.6 Å². The second-order valence-corrected chi connectivity index (χ2v) is 8.21. The molecular formula is C22H23N3O5S. The fraction of sp³-hybridized carbons (Fsp3) is 0.182. The molecule has 1 atom stereocenters. The van der Waals surface area contributed by atoms with E-state index in [2.05, 4.69) is 15.0 Å². The number of anilines is 2. The number of hydrogen-bond donors (Lipinski definition) is 2. The predicted molar refractivity (Wildman–Crippen MR) is 118 cm³/mol. The Morgan fingerprint density at radius 2 is 1.68 bits per heavy atom. The minimum Gasteiger partial charge on any atom is -0.497 e. The van der Waals surface area contributed by atoms with Crippen molar-refractivity contribution in [2.45, 2.75) is 24.3 Å². The van der Waals surface area contributed by atoms with Crippen LogP contribution in [-0.2, 0) is 14.8 Å². The lowest BCUT2D eigenvalue weighted by atomic mass is 10.2. The van der Waals surface area contributed by atoms with E-state index in [4.69, 9.17) is 9.47 Å². The van der Waals surface area contributed by atoms with Crippen LogP contribution in [0.5, 0.6) is 11.5 Å². The lowest BCUT2D eigenvalue weighted by Crippen LogP contribution is -2.32. The number of rotatable bonds is 9. The summed E-state index contributed by atoms with van der Waals surface area (Å²) in [5.74, 6) is 1.13. The fourth-order valence-corrected chi connectivity index (χ4v) is 3.71. The SMILES string of the molecule is CCC(Oc1ccc(OC)cc1)C(=O)Nc1ccc(S(=O)(=O)Nc2ccccn2)cc1. The van der Waals surface area contributed by atoms with Gasteiger partial charge in [0.1, 0.15) is 17.3 Å². The molecule has 1 unspecified atom stereocenters. The number of benzene rings is 2. The summed E-state index contributed by atoms with van der Waals surface area (Å²) in [5, 5.41) is 2.75. The third-order valence-electron chi connectivity index (χ3n) is 4.34. The summed E-state index contributed by atoms with van der Waals surface area (Å²) in [6.07, 6.45) is 1.25. The molecule has 31 heavy (non-hydrogen) atoms. The van der Waals surface area contributed by atoms with Crippen LogP contribution in [0.4, 0.5) is 11.5 Å². The first-order valence-electron chi connectivity index (χ1n) is 9.57. The highest BCUT2D eigenvalue weighted by molar-refractivity contribution is 7.92. The van der Waals surface area contributed by atoms with Crippen molar-refractivity contribution in [2.24, 2.45) is 0 Å². The molecule has 0 aliphatic heterocycles. The molecule has 1 aromatic heterocycles. The Bertz CT molecular complexity index is 1100. The highest BCUT2D eigenvalue weighted by Crippen LogP contribution is 2.21. The topological polar surface area (TPSA) is 107 Å². The van der Waals surface area contributed by atoms with Crippen LogP contribution < -0.4 is 19.5 Å². The molecule has 0 saturated heterocycles. The van der Waals surface area contributed by atoms with Gasteiger partial charge < -0.3 is 14.8 Å². The number of carbonyl (C=O) groups is 1. The van der Waals surface area contributed by atoms with Crippen LogP contribution >= 0.6 is 0 Å². The van der Waals surface area contributed by atoms with Crippen molar-refractivity contribution >= 4 is 27.4 Å². The summed E-state index contributed by atoms with van der Waals surface area (Å²) < 4.78 is 38.2. The minimum absolute atomic E-state index is 0.0534. The predicted octanol–water partition coefficient (Wildman–Crippen LogP) is 3.69. The van der Waals surface area contributed by atoms with E-state index in [9.17, 15) is 13.2 Å². The summed E-state index contributed by atoms with van der Waals surface area (Å²) >= 11 is 0. The lowest BCUT2D eigenvalue weighted by molar-refractivity contribution is -0.122. The van der Waals surface area contributed by atoms with E-state index in [0.29, 0.717) is 23.6 Å². The average Bonchev–Trinajstić information content (AvgIpc) is 2.78. The molecule has 8 nitrogen and oxygen atoms in total. The zero-order valence-electron chi connectivity index (χ0n) is 17.1. The van der Waals surface area contributed by atoms with Crippen LogP contribution in [0.25, 0.3) is 0 Å². The zero-order valence-corrected chi connectivity index (χ0v) is 17.9. The zero-order chi connectivity index (χ0) is 22.3. The van der Waals surface area contributed by atoms with Gasteiger partial charge in [0.2, 0.25) is 0 Å². The Morgan fingerprint density at radius 3 is 2.26 bits per heavy atom. The first kappa shape index (κ1) is 22.1. The second kappa shape index (κ2) is 9.94. The summed E-state index contributed by atoms with van der Waals surface area (Å²) in [5.41, 5.74) is 0.457.